The minimum Gasteiger partial charge on any atom is -0.457 e. The lowest BCUT2D eigenvalue weighted by Crippen LogP contribution is -2.18. The molecule has 0 radical (unpaired) electrons. The molecule has 0 unspecified atom stereocenters. The summed E-state index contributed by atoms with van der Waals surface area (Å²) in [5.74, 6) is 1.93. The molecule has 0 aliphatic heterocycles. The van der Waals surface area contributed by atoms with E-state index in [4.69, 9.17) is 4.74 Å². The molecule has 144 valence electrons. The topological polar surface area (TPSA) is 87.2 Å². The van der Waals surface area contributed by atoms with Crippen LogP contribution in [0.5, 0.6) is 11.5 Å². The van der Waals surface area contributed by atoms with Crippen LogP contribution in [0.1, 0.15) is 0 Å². The Balaban J connectivity index is 1.44. The predicted molar refractivity (Wildman–Crippen MR) is 114 cm³/mol. The number of pyridine rings is 1. The third kappa shape index (κ3) is 2.64. The van der Waals surface area contributed by atoms with Crippen molar-refractivity contribution < 1.29 is 4.74 Å². The summed E-state index contributed by atoms with van der Waals surface area (Å²) >= 11 is 1.42. The zero-order chi connectivity index (χ0) is 20.1. The van der Waals surface area contributed by atoms with Gasteiger partial charge in [0.2, 0.25) is 0 Å². The average molecular weight is 412 g/mol. The van der Waals surface area contributed by atoms with Crippen molar-refractivity contribution in [1.29, 1.82) is 0 Å². The third-order valence-electron chi connectivity index (χ3n) is 4.71. The highest BCUT2D eigenvalue weighted by molar-refractivity contribution is 7.20. The lowest BCUT2D eigenvalue weighted by molar-refractivity contribution is 0.483. The minimum absolute atomic E-state index is 0.211. The van der Waals surface area contributed by atoms with E-state index >= 15 is 0 Å². The number of benzene rings is 2. The molecule has 0 N–H and O–H groups in total. The second-order valence-corrected chi connectivity index (χ2v) is 7.57. The Bertz CT molecular complexity index is 1600. The smallest absolute Gasteiger partial charge is 0.267 e. The molecular weight excluding hydrogens is 400 g/mol. The van der Waals surface area contributed by atoms with Gasteiger partial charge in [0.25, 0.3) is 11.3 Å². The Morgan fingerprint density at radius 2 is 1.87 bits per heavy atom. The van der Waals surface area contributed by atoms with Crippen molar-refractivity contribution >= 4 is 38.2 Å². The first-order chi connectivity index (χ1) is 14.8. The van der Waals surface area contributed by atoms with Crippen molar-refractivity contribution in [2.75, 3.05) is 0 Å². The molecule has 0 spiro atoms. The Kier molecular flexibility index (Phi) is 3.62. The fourth-order valence-electron chi connectivity index (χ4n) is 3.30. The van der Waals surface area contributed by atoms with Gasteiger partial charge in [0, 0.05) is 18.5 Å². The van der Waals surface area contributed by atoms with Crippen molar-refractivity contribution in [1.82, 2.24) is 29.1 Å². The maximum absolute atomic E-state index is 13.1. The second-order valence-electron chi connectivity index (χ2n) is 6.56. The first-order valence-electron chi connectivity index (χ1n) is 9.10. The SMILES string of the molecule is O=c1c2cnc3ncnn3c2ccn1-c1nc2ccc(Oc3ccccc3)cc2s1. The Morgan fingerprint density at radius 3 is 2.77 bits per heavy atom. The summed E-state index contributed by atoms with van der Waals surface area (Å²) < 4.78 is 9.90. The van der Waals surface area contributed by atoms with Crippen LogP contribution in [0.2, 0.25) is 0 Å². The van der Waals surface area contributed by atoms with Crippen molar-refractivity contribution in [3.8, 4) is 16.6 Å². The average Bonchev–Trinajstić information content (AvgIpc) is 3.41. The first-order valence-corrected chi connectivity index (χ1v) is 9.92. The highest BCUT2D eigenvalue weighted by atomic mass is 32.1. The number of hydrogen-bond acceptors (Lipinski definition) is 7. The van der Waals surface area contributed by atoms with Crippen LogP contribution in [-0.2, 0) is 0 Å². The summed E-state index contributed by atoms with van der Waals surface area (Å²) in [7, 11) is 0. The zero-order valence-corrected chi connectivity index (χ0v) is 16.2. The predicted octanol–water partition coefficient (Wildman–Crippen LogP) is 3.83. The second kappa shape index (κ2) is 6.46. The number of para-hydroxylation sites is 1. The monoisotopic (exact) mass is 412 g/mol. The summed E-state index contributed by atoms with van der Waals surface area (Å²) in [6, 6.07) is 17.1. The van der Waals surface area contributed by atoms with Gasteiger partial charge in [-0.05, 0) is 30.3 Å². The van der Waals surface area contributed by atoms with Gasteiger partial charge in [-0.2, -0.15) is 14.6 Å². The number of aromatic nitrogens is 6. The van der Waals surface area contributed by atoms with Crippen LogP contribution in [0.25, 0.3) is 32.0 Å². The fourth-order valence-corrected chi connectivity index (χ4v) is 4.27. The van der Waals surface area contributed by atoms with E-state index in [0.29, 0.717) is 27.6 Å². The highest BCUT2D eigenvalue weighted by Crippen LogP contribution is 2.30. The lowest BCUT2D eigenvalue weighted by atomic mass is 10.3. The van der Waals surface area contributed by atoms with Gasteiger partial charge in [-0.25, -0.2) is 9.97 Å². The van der Waals surface area contributed by atoms with E-state index in [1.165, 1.54) is 28.4 Å². The number of fused-ring (bicyclic) bond motifs is 4. The van der Waals surface area contributed by atoms with Crippen LogP contribution < -0.4 is 10.3 Å². The number of ether oxygens (including phenoxy) is 1. The van der Waals surface area contributed by atoms with Gasteiger partial charge in [-0.15, -0.1) is 0 Å². The van der Waals surface area contributed by atoms with Crippen LogP contribution in [0.15, 0.2) is 78.1 Å². The lowest BCUT2D eigenvalue weighted by Gasteiger charge is -2.04. The van der Waals surface area contributed by atoms with Crippen molar-refractivity contribution in [2.45, 2.75) is 0 Å². The summed E-state index contributed by atoms with van der Waals surface area (Å²) in [5.41, 5.74) is 1.24. The zero-order valence-electron chi connectivity index (χ0n) is 15.3. The van der Waals surface area contributed by atoms with E-state index in [9.17, 15) is 4.79 Å². The molecule has 8 nitrogen and oxygen atoms in total. The first kappa shape index (κ1) is 16.8. The summed E-state index contributed by atoms with van der Waals surface area (Å²) in [6.45, 7) is 0. The standard InChI is InChI=1S/C21H12N6O2S/c28-19-15-11-22-20-23-12-24-27(20)17(15)8-9-26(19)21-25-16-7-6-14(10-18(16)30-21)29-13-4-2-1-3-5-13/h1-12H. The fraction of sp³-hybridized carbons (Fsp3) is 0. The van der Waals surface area contributed by atoms with Gasteiger partial charge in [-0.1, -0.05) is 29.5 Å². The Hall–Kier alpha value is -4.11. The van der Waals surface area contributed by atoms with E-state index in [1.54, 1.807) is 10.7 Å². The molecule has 6 rings (SSSR count). The van der Waals surface area contributed by atoms with Gasteiger partial charge in [0.15, 0.2) is 5.13 Å². The molecule has 4 heterocycles. The van der Waals surface area contributed by atoms with Crippen LogP contribution in [0, 0.1) is 0 Å². The quantitative estimate of drug-likeness (QED) is 0.439. The van der Waals surface area contributed by atoms with E-state index in [0.717, 1.165) is 16.0 Å². The molecule has 4 aromatic heterocycles. The van der Waals surface area contributed by atoms with Crippen LogP contribution in [-0.4, -0.2) is 29.1 Å². The molecule has 0 bridgehead atoms. The Morgan fingerprint density at radius 1 is 0.967 bits per heavy atom. The largest absolute Gasteiger partial charge is 0.457 e. The molecule has 30 heavy (non-hydrogen) atoms. The molecule has 0 amide bonds. The summed E-state index contributed by atoms with van der Waals surface area (Å²) in [6.07, 6.45) is 4.64. The molecule has 0 atom stereocenters. The van der Waals surface area contributed by atoms with Crippen LogP contribution >= 0.6 is 11.3 Å². The van der Waals surface area contributed by atoms with Crippen molar-refractivity contribution in [2.24, 2.45) is 0 Å². The van der Waals surface area contributed by atoms with Gasteiger partial charge in [0.1, 0.15) is 17.8 Å². The van der Waals surface area contributed by atoms with Crippen molar-refractivity contribution in [3.05, 3.63) is 83.7 Å². The third-order valence-corrected chi connectivity index (χ3v) is 5.72. The van der Waals surface area contributed by atoms with Crippen LogP contribution in [0.4, 0.5) is 0 Å². The normalized spacial score (nSPS) is 11.5. The van der Waals surface area contributed by atoms with E-state index in [1.807, 2.05) is 54.6 Å². The molecule has 6 aromatic rings. The van der Waals surface area contributed by atoms with Gasteiger partial charge < -0.3 is 4.74 Å². The van der Waals surface area contributed by atoms with E-state index in [2.05, 4.69) is 20.1 Å². The number of hydrogen-bond donors (Lipinski definition) is 0. The molecule has 0 aliphatic carbocycles. The molecule has 0 fully saturated rings. The molecular formula is C21H12N6O2S. The summed E-state index contributed by atoms with van der Waals surface area (Å²) in [5, 5.41) is 5.16. The van der Waals surface area contributed by atoms with Gasteiger partial charge >= 0.3 is 0 Å². The number of thiazole rings is 1. The molecule has 0 saturated heterocycles. The van der Waals surface area contributed by atoms with Gasteiger partial charge in [0.05, 0.1) is 21.1 Å². The van der Waals surface area contributed by atoms with E-state index < -0.39 is 0 Å². The molecule has 0 saturated carbocycles. The molecule has 9 heteroatoms. The van der Waals surface area contributed by atoms with Gasteiger partial charge in [-0.3, -0.25) is 9.36 Å². The maximum Gasteiger partial charge on any atom is 0.267 e. The highest BCUT2D eigenvalue weighted by Gasteiger charge is 2.13. The number of nitrogens with zero attached hydrogens (tertiary/aromatic N) is 6. The minimum atomic E-state index is -0.211. The van der Waals surface area contributed by atoms with Crippen molar-refractivity contribution in [3.63, 3.8) is 0 Å². The van der Waals surface area contributed by atoms with Crippen LogP contribution in [0.3, 0.4) is 0 Å². The van der Waals surface area contributed by atoms with E-state index in [-0.39, 0.29) is 5.56 Å². The molecule has 0 aliphatic rings. The Labute approximate surface area is 172 Å². The summed E-state index contributed by atoms with van der Waals surface area (Å²) in [4.78, 5) is 26.0. The number of rotatable bonds is 3. The maximum atomic E-state index is 13.1. The molecule has 2 aromatic carbocycles.